The van der Waals surface area contributed by atoms with E-state index < -0.39 is 25.4 Å². The molecule has 13 heavy (non-hydrogen) atoms. The van der Waals surface area contributed by atoms with E-state index in [1.165, 1.54) is 0 Å². The standard InChI is InChI=1S/C4H2Cl2F3NO2S/c5-3(6,4(7,8)9)13(11,12)2-1-10/h2H2. The molecule has 0 amide bonds. The molecule has 0 atom stereocenters. The SMILES string of the molecule is N#CCS(=O)(=O)C(Cl)(Cl)C(F)(F)F. The van der Waals surface area contributed by atoms with E-state index in [-0.39, 0.29) is 0 Å². The van der Waals surface area contributed by atoms with Crippen molar-refractivity contribution in [3.63, 3.8) is 0 Å². The Balaban J connectivity index is 5.21. The summed E-state index contributed by atoms with van der Waals surface area (Å²) >= 11 is 9.17. The van der Waals surface area contributed by atoms with Gasteiger partial charge in [0.05, 0.1) is 6.07 Å². The number of alkyl halides is 5. The van der Waals surface area contributed by atoms with Crippen LogP contribution in [0.25, 0.3) is 0 Å². The van der Waals surface area contributed by atoms with Gasteiger partial charge in [-0.2, -0.15) is 18.4 Å². The first-order valence-electron chi connectivity index (χ1n) is 2.60. The molecule has 0 bridgehead atoms. The molecule has 0 spiro atoms. The van der Waals surface area contributed by atoms with Gasteiger partial charge in [0.15, 0.2) is 0 Å². The normalized spacial score (nSPS) is 13.8. The molecule has 0 aromatic heterocycles. The van der Waals surface area contributed by atoms with Crippen LogP contribution in [0, 0.1) is 11.3 Å². The van der Waals surface area contributed by atoms with Crippen molar-refractivity contribution in [2.24, 2.45) is 0 Å². The Bertz CT molecular complexity index is 328. The van der Waals surface area contributed by atoms with Crippen molar-refractivity contribution in [2.75, 3.05) is 5.75 Å². The Morgan fingerprint density at radius 2 is 1.69 bits per heavy atom. The van der Waals surface area contributed by atoms with Crippen LogP contribution in [-0.2, 0) is 9.84 Å². The van der Waals surface area contributed by atoms with Gasteiger partial charge in [-0.25, -0.2) is 8.42 Å². The minimum absolute atomic E-state index is 1.03. The Labute approximate surface area is 82.0 Å². The van der Waals surface area contributed by atoms with Gasteiger partial charge in [-0.15, -0.1) is 0 Å². The lowest BCUT2D eigenvalue weighted by Gasteiger charge is -2.20. The zero-order valence-electron chi connectivity index (χ0n) is 5.77. The van der Waals surface area contributed by atoms with Crippen LogP contribution < -0.4 is 0 Å². The Morgan fingerprint density at radius 1 is 1.31 bits per heavy atom. The van der Waals surface area contributed by atoms with Crippen LogP contribution in [-0.4, -0.2) is 24.0 Å². The lowest BCUT2D eigenvalue weighted by atomic mass is 10.8. The molecule has 0 fully saturated rings. The third-order valence-electron chi connectivity index (χ3n) is 0.975. The molecule has 0 aromatic carbocycles. The second-order valence-electron chi connectivity index (χ2n) is 1.93. The van der Waals surface area contributed by atoms with E-state index >= 15 is 0 Å². The smallest absolute Gasteiger partial charge is 0.224 e. The maximum atomic E-state index is 11.9. The summed E-state index contributed by atoms with van der Waals surface area (Å²) in [5.41, 5.74) is 0. The summed E-state index contributed by atoms with van der Waals surface area (Å²) < 4.78 is 53.2. The number of halogens is 5. The molecule has 0 aromatic rings. The number of hydrogen-bond acceptors (Lipinski definition) is 3. The van der Waals surface area contributed by atoms with Gasteiger partial charge < -0.3 is 0 Å². The van der Waals surface area contributed by atoms with E-state index in [9.17, 15) is 21.6 Å². The lowest BCUT2D eigenvalue weighted by molar-refractivity contribution is -0.124. The third-order valence-corrected chi connectivity index (χ3v) is 4.34. The van der Waals surface area contributed by atoms with Gasteiger partial charge in [0.2, 0.25) is 9.84 Å². The number of hydrogen-bond donors (Lipinski definition) is 0. The van der Waals surface area contributed by atoms with Gasteiger partial charge in [-0.1, -0.05) is 23.2 Å². The summed E-state index contributed by atoms with van der Waals surface area (Å²) in [5.74, 6) is -1.39. The van der Waals surface area contributed by atoms with Crippen molar-refractivity contribution < 1.29 is 21.6 Å². The van der Waals surface area contributed by atoms with Crippen LogP contribution in [0.2, 0.25) is 0 Å². The van der Waals surface area contributed by atoms with E-state index in [2.05, 4.69) is 23.2 Å². The molecule has 76 valence electrons. The average molecular weight is 256 g/mol. The second kappa shape index (κ2) is 3.52. The molecule has 0 rings (SSSR count). The van der Waals surface area contributed by atoms with Gasteiger partial charge in [0.1, 0.15) is 5.75 Å². The highest BCUT2D eigenvalue weighted by atomic mass is 35.5. The van der Waals surface area contributed by atoms with Crippen molar-refractivity contribution in [3.8, 4) is 6.07 Å². The Kier molecular flexibility index (Phi) is 3.47. The average Bonchev–Trinajstić information content (AvgIpc) is 1.84. The molecular weight excluding hydrogens is 254 g/mol. The molecule has 0 aliphatic carbocycles. The minimum Gasteiger partial charge on any atom is -0.224 e. The van der Waals surface area contributed by atoms with E-state index in [0.717, 1.165) is 6.07 Å². The predicted octanol–water partition coefficient (Wildman–Crippen LogP) is 1.62. The van der Waals surface area contributed by atoms with E-state index in [4.69, 9.17) is 5.26 Å². The molecule has 3 nitrogen and oxygen atoms in total. The maximum absolute atomic E-state index is 11.9. The van der Waals surface area contributed by atoms with Crippen LogP contribution in [0.1, 0.15) is 0 Å². The first kappa shape index (κ1) is 12.8. The topological polar surface area (TPSA) is 57.9 Å². The van der Waals surface area contributed by atoms with Crippen LogP contribution >= 0.6 is 23.2 Å². The van der Waals surface area contributed by atoms with Crippen LogP contribution in [0.15, 0.2) is 0 Å². The Morgan fingerprint density at radius 3 is 1.92 bits per heavy atom. The summed E-state index contributed by atoms with van der Waals surface area (Å²) in [6.45, 7) is 0. The van der Waals surface area contributed by atoms with Crippen molar-refractivity contribution in [3.05, 3.63) is 0 Å². The highest BCUT2D eigenvalue weighted by Gasteiger charge is 2.62. The van der Waals surface area contributed by atoms with Crippen molar-refractivity contribution in [1.29, 1.82) is 5.26 Å². The van der Waals surface area contributed by atoms with Gasteiger partial charge in [-0.3, -0.25) is 0 Å². The second-order valence-corrected chi connectivity index (χ2v) is 5.84. The summed E-state index contributed by atoms with van der Waals surface area (Å²) in [4.78, 5) is 0. The van der Waals surface area contributed by atoms with Crippen LogP contribution in [0.3, 0.4) is 0 Å². The van der Waals surface area contributed by atoms with Gasteiger partial charge in [0, 0.05) is 0 Å². The van der Waals surface area contributed by atoms with Gasteiger partial charge in [0.25, 0.3) is 0 Å². The maximum Gasteiger partial charge on any atom is 0.436 e. The molecule has 0 radical (unpaired) electrons. The fraction of sp³-hybridized carbons (Fsp3) is 0.750. The van der Waals surface area contributed by atoms with Crippen LogP contribution in [0.4, 0.5) is 13.2 Å². The van der Waals surface area contributed by atoms with Crippen molar-refractivity contribution in [2.45, 2.75) is 9.84 Å². The minimum atomic E-state index is -5.33. The molecule has 0 saturated heterocycles. The van der Waals surface area contributed by atoms with E-state index in [0.29, 0.717) is 0 Å². The number of rotatable bonds is 2. The number of nitrogens with zero attached hydrogens (tertiary/aromatic N) is 1. The number of sulfone groups is 1. The van der Waals surface area contributed by atoms with Crippen molar-refractivity contribution in [1.82, 2.24) is 0 Å². The molecule has 9 heteroatoms. The third kappa shape index (κ3) is 2.39. The molecular formula is C4H2Cl2F3NO2S. The summed E-state index contributed by atoms with van der Waals surface area (Å²) in [5, 5.41) is 7.92. The monoisotopic (exact) mass is 255 g/mol. The largest absolute Gasteiger partial charge is 0.436 e. The first-order chi connectivity index (χ1) is 5.56. The summed E-state index contributed by atoms with van der Waals surface area (Å²) in [7, 11) is -4.92. The highest BCUT2D eigenvalue weighted by molar-refractivity contribution is 7.95. The molecule has 0 saturated carbocycles. The molecule has 0 heterocycles. The summed E-state index contributed by atoms with van der Waals surface area (Å²) in [6, 6.07) is 1.03. The molecule has 0 aliphatic rings. The van der Waals surface area contributed by atoms with Crippen LogP contribution in [0.5, 0.6) is 0 Å². The van der Waals surface area contributed by atoms with Gasteiger partial charge in [-0.05, 0) is 0 Å². The number of nitriles is 1. The Hall–Kier alpha value is -0.190. The molecule has 0 aliphatic heterocycles. The predicted molar refractivity (Wildman–Crippen MR) is 39.9 cm³/mol. The van der Waals surface area contributed by atoms with Crippen molar-refractivity contribution >= 4 is 33.0 Å². The summed E-state index contributed by atoms with van der Waals surface area (Å²) in [6.07, 6.45) is -5.33. The zero-order valence-corrected chi connectivity index (χ0v) is 8.10. The highest BCUT2D eigenvalue weighted by Crippen LogP contribution is 2.44. The molecule has 0 unspecified atom stereocenters. The van der Waals surface area contributed by atoms with E-state index in [1.807, 2.05) is 0 Å². The fourth-order valence-electron chi connectivity index (χ4n) is 0.352. The zero-order chi connectivity index (χ0) is 10.9. The van der Waals surface area contributed by atoms with Gasteiger partial charge >= 0.3 is 9.84 Å². The quantitative estimate of drug-likeness (QED) is 0.705. The first-order valence-corrected chi connectivity index (χ1v) is 5.01. The lowest BCUT2D eigenvalue weighted by Crippen LogP contribution is -2.42. The molecule has 0 N–H and O–H groups in total. The fourth-order valence-corrected chi connectivity index (χ4v) is 1.38. The van der Waals surface area contributed by atoms with E-state index in [1.54, 1.807) is 0 Å².